The minimum atomic E-state index is -7.87. The molecule has 0 heterocycles. The normalized spacial score (nSPS) is 16.5. The van der Waals surface area contributed by atoms with Crippen LogP contribution in [0.25, 0.3) is 0 Å². The Morgan fingerprint density at radius 2 is 0.650 bits per heavy atom. The fourth-order valence-electron chi connectivity index (χ4n) is 0.755. The van der Waals surface area contributed by atoms with Crippen molar-refractivity contribution in [3.63, 3.8) is 0 Å². The highest BCUT2D eigenvalue weighted by atomic mass is 32.1. The first kappa shape index (κ1) is 19.4. The number of hydrogen-bond donors (Lipinski definition) is 0. The van der Waals surface area contributed by atoms with Gasteiger partial charge in [0.25, 0.3) is 0 Å². The fourth-order valence-corrected chi connectivity index (χ4v) is 0.883. The van der Waals surface area contributed by atoms with E-state index in [1.807, 2.05) is 0 Å². The highest BCUT2D eigenvalue weighted by Gasteiger charge is 2.90. The van der Waals surface area contributed by atoms with Gasteiger partial charge in [0.15, 0.2) is 0 Å². The molecule has 0 aromatic heterocycles. The summed E-state index contributed by atoms with van der Waals surface area (Å²) in [5.74, 6) is -30.7. The van der Waals surface area contributed by atoms with E-state index in [1.165, 1.54) is 0 Å². The molecule has 0 fully saturated rings. The minimum absolute atomic E-state index is 2.43. The zero-order chi connectivity index (χ0) is 17.0. The molecule has 0 unspecified atom stereocenters. The summed E-state index contributed by atoms with van der Waals surface area (Å²) in [5.41, 5.74) is 0. The summed E-state index contributed by atoms with van der Waals surface area (Å²) in [5, 5.41) is -6.40. The first-order chi connectivity index (χ1) is 8.25. The van der Waals surface area contributed by atoms with Crippen molar-refractivity contribution in [3.05, 3.63) is 0 Å². The third-order valence-corrected chi connectivity index (χ3v) is 2.16. The van der Waals surface area contributed by atoms with Gasteiger partial charge in [0, 0.05) is 0 Å². The van der Waals surface area contributed by atoms with Gasteiger partial charge in [-0.3, -0.25) is 0 Å². The quantitative estimate of drug-likeness (QED) is 0.634. The highest BCUT2D eigenvalue weighted by Crippen LogP contribution is 2.60. The lowest BCUT2D eigenvalue weighted by Crippen LogP contribution is -2.69. The van der Waals surface area contributed by atoms with E-state index in [0.717, 1.165) is 0 Å². The lowest BCUT2D eigenvalue weighted by molar-refractivity contribution is -0.432. The number of rotatable bonds is 4. The molecular weight excluding hydrogens is 351 g/mol. The average molecular weight is 351 g/mol. The second-order valence-electron chi connectivity index (χ2n) is 3.31. The molecule has 121 valence electrons. The Labute approximate surface area is 106 Å². The molecule has 0 nitrogen and oxygen atoms in total. The van der Waals surface area contributed by atoms with E-state index >= 15 is 0 Å². The molecule has 0 aliphatic rings. The Morgan fingerprint density at radius 3 is 0.850 bits per heavy atom. The SMILES string of the molecule is FC(F)(F)C(F)(F)C(F)(F)C(F)(F)C(F)(F)C(F)(F)[S]. The van der Waals surface area contributed by atoms with Gasteiger partial charge in [-0.2, -0.15) is 57.1 Å². The van der Waals surface area contributed by atoms with Crippen molar-refractivity contribution in [1.82, 2.24) is 0 Å². The lowest BCUT2D eigenvalue weighted by Gasteiger charge is -2.38. The maximum Gasteiger partial charge on any atom is 0.460 e. The van der Waals surface area contributed by atoms with Gasteiger partial charge in [-0.15, -0.1) is 0 Å². The van der Waals surface area contributed by atoms with Crippen LogP contribution in [0.4, 0.5) is 57.1 Å². The second kappa shape index (κ2) is 4.47. The molecule has 14 heteroatoms. The first-order valence-corrected chi connectivity index (χ1v) is 4.32. The zero-order valence-corrected chi connectivity index (χ0v) is 9.14. The molecule has 0 aromatic rings. The molecule has 1 radical (unpaired) electrons. The van der Waals surface area contributed by atoms with Crippen LogP contribution < -0.4 is 0 Å². The molecule has 0 atom stereocenters. The van der Waals surface area contributed by atoms with Crippen molar-refractivity contribution in [2.75, 3.05) is 0 Å². The molecule has 0 aromatic carbocycles. The summed E-state index contributed by atoms with van der Waals surface area (Å²) in [6.07, 6.45) is -7.40. The lowest BCUT2D eigenvalue weighted by atomic mass is 9.98. The van der Waals surface area contributed by atoms with Crippen molar-refractivity contribution >= 4 is 12.6 Å². The molecule has 0 N–H and O–H groups in total. The fraction of sp³-hybridized carbons (Fsp3) is 1.00. The van der Waals surface area contributed by atoms with Crippen molar-refractivity contribution in [1.29, 1.82) is 0 Å². The highest BCUT2D eigenvalue weighted by molar-refractivity contribution is 7.81. The summed E-state index contributed by atoms with van der Waals surface area (Å²) in [6.45, 7) is 0. The van der Waals surface area contributed by atoms with Gasteiger partial charge < -0.3 is 0 Å². The third-order valence-electron chi connectivity index (χ3n) is 1.90. The van der Waals surface area contributed by atoms with Crippen LogP contribution in [-0.4, -0.2) is 35.1 Å². The van der Waals surface area contributed by atoms with Gasteiger partial charge >= 0.3 is 35.1 Å². The summed E-state index contributed by atoms with van der Waals surface area (Å²) in [7, 11) is 0. The number of halogens is 13. The van der Waals surface area contributed by atoms with Crippen LogP contribution in [0.1, 0.15) is 0 Å². The van der Waals surface area contributed by atoms with Crippen molar-refractivity contribution in [2.45, 2.75) is 35.1 Å². The van der Waals surface area contributed by atoms with E-state index in [-0.39, 0.29) is 0 Å². The van der Waals surface area contributed by atoms with Crippen LogP contribution in [0, 0.1) is 0 Å². The predicted octanol–water partition coefficient (Wildman–Crippen LogP) is 4.88. The Kier molecular flexibility index (Phi) is 4.34. The Morgan fingerprint density at radius 1 is 0.400 bits per heavy atom. The molecule has 0 aliphatic heterocycles. The van der Waals surface area contributed by atoms with Crippen LogP contribution >= 0.6 is 12.6 Å². The monoisotopic (exact) mass is 351 g/mol. The van der Waals surface area contributed by atoms with Gasteiger partial charge in [-0.1, -0.05) is 0 Å². The maximum absolute atomic E-state index is 12.5. The molecule has 0 rings (SSSR count). The zero-order valence-electron chi connectivity index (χ0n) is 8.32. The van der Waals surface area contributed by atoms with Crippen molar-refractivity contribution in [3.8, 4) is 0 Å². The van der Waals surface area contributed by atoms with Crippen LogP contribution in [0.15, 0.2) is 0 Å². The van der Waals surface area contributed by atoms with E-state index in [0.29, 0.717) is 0 Å². The van der Waals surface area contributed by atoms with E-state index in [4.69, 9.17) is 0 Å². The van der Waals surface area contributed by atoms with Gasteiger partial charge in [0.05, 0.1) is 0 Å². The minimum Gasteiger partial charge on any atom is -0.192 e. The molecule has 0 amide bonds. The van der Waals surface area contributed by atoms with Crippen molar-refractivity contribution < 1.29 is 57.1 Å². The summed E-state index contributed by atoms with van der Waals surface area (Å²) >= 11 is 2.43. The summed E-state index contributed by atoms with van der Waals surface area (Å²) in [6, 6.07) is 0. The Hall–Kier alpha value is -0.560. The van der Waals surface area contributed by atoms with Gasteiger partial charge in [-0.25, -0.2) is 0 Å². The average Bonchev–Trinajstić information content (AvgIpc) is 2.12. The smallest absolute Gasteiger partial charge is 0.192 e. The molecule has 0 bridgehead atoms. The van der Waals surface area contributed by atoms with Crippen LogP contribution in [0.2, 0.25) is 0 Å². The number of hydrogen-bond acceptors (Lipinski definition) is 0. The predicted molar refractivity (Wildman–Crippen MR) is 38.4 cm³/mol. The number of alkyl halides is 13. The van der Waals surface area contributed by atoms with Gasteiger partial charge in [0.2, 0.25) is 0 Å². The van der Waals surface area contributed by atoms with Gasteiger partial charge in [0.1, 0.15) is 0 Å². The molecule has 0 saturated heterocycles. The van der Waals surface area contributed by atoms with Crippen LogP contribution in [0.5, 0.6) is 0 Å². The van der Waals surface area contributed by atoms with E-state index < -0.39 is 35.1 Å². The maximum atomic E-state index is 12.5. The summed E-state index contributed by atoms with van der Waals surface area (Å²) in [4.78, 5) is 0. The largest absolute Gasteiger partial charge is 0.460 e. The molecule has 0 spiro atoms. The molecule has 0 aliphatic carbocycles. The third kappa shape index (κ3) is 2.39. The summed E-state index contributed by atoms with van der Waals surface area (Å²) < 4.78 is 157. The van der Waals surface area contributed by atoms with E-state index in [1.54, 1.807) is 0 Å². The van der Waals surface area contributed by atoms with E-state index in [2.05, 4.69) is 12.6 Å². The van der Waals surface area contributed by atoms with Crippen LogP contribution in [0.3, 0.4) is 0 Å². The Bertz CT molecular complexity index is 324. The van der Waals surface area contributed by atoms with Crippen molar-refractivity contribution in [2.24, 2.45) is 0 Å². The molecule has 20 heavy (non-hydrogen) atoms. The standard InChI is InChI=1S/C6F13S/c7-1(8,3(11,12)5(15,16)17)2(9,10)4(13,14)6(18,19)20. The topological polar surface area (TPSA) is 0 Å². The molecule has 0 saturated carbocycles. The Balaban J connectivity index is 6.08. The second-order valence-corrected chi connectivity index (χ2v) is 3.82. The first-order valence-electron chi connectivity index (χ1n) is 3.91. The van der Waals surface area contributed by atoms with E-state index in [9.17, 15) is 57.1 Å². The van der Waals surface area contributed by atoms with Gasteiger partial charge in [-0.05, 0) is 12.6 Å². The molecular formula is C6F13S. The van der Waals surface area contributed by atoms with Crippen LogP contribution in [-0.2, 0) is 0 Å².